The predicted molar refractivity (Wildman–Crippen MR) is 139 cm³/mol. The Morgan fingerprint density at radius 3 is 2.35 bits per heavy atom. The molecule has 5 rings (SSSR count). The summed E-state index contributed by atoms with van der Waals surface area (Å²) in [7, 11) is 1.62. The van der Waals surface area contributed by atoms with Crippen LogP contribution in [-0.4, -0.2) is 36.3 Å². The average molecular weight is 496 g/mol. The molecule has 0 saturated heterocycles. The fourth-order valence-corrected chi connectivity index (χ4v) is 4.08. The van der Waals surface area contributed by atoms with Crippen LogP contribution in [0.25, 0.3) is 0 Å². The van der Waals surface area contributed by atoms with Crippen LogP contribution in [0.15, 0.2) is 107 Å². The lowest BCUT2D eigenvalue weighted by Gasteiger charge is -2.22. The molecule has 186 valence electrons. The minimum atomic E-state index is -0.348. The quantitative estimate of drug-likeness (QED) is 0.358. The molecular weight excluding hydrogens is 470 g/mol. The average Bonchev–Trinajstić information content (AvgIpc) is 3.64. The molecule has 1 aromatic heterocycles. The lowest BCUT2D eigenvalue weighted by atomic mass is 9.98. The van der Waals surface area contributed by atoms with Gasteiger partial charge >= 0.3 is 0 Å². The molecule has 1 atom stereocenters. The summed E-state index contributed by atoms with van der Waals surface area (Å²) in [5.41, 5.74) is 3.35. The summed E-state index contributed by atoms with van der Waals surface area (Å²) in [4.78, 5) is 25.4. The second kappa shape index (κ2) is 10.8. The number of hydrazone groups is 1. The summed E-state index contributed by atoms with van der Waals surface area (Å²) in [5, 5.41) is 8.92. The van der Waals surface area contributed by atoms with Crippen molar-refractivity contribution in [2.75, 3.05) is 19.0 Å². The lowest BCUT2D eigenvalue weighted by Crippen LogP contribution is -2.31. The van der Waals surface area contributed by atoms with Crippen LogP contribution in [0, 0.1) is 0 Å². The minimum Gasteiger partial charge on any atom is -0.497 e. The maximum Gasteiger partial charge on any atom is 0.291 e. The summed E-state index contributed by atoms with van der Waals surface area (Å²) in [6.45, 7) is -0.184. The van der Waals surface area contributed by atoms with Gasteiger partial charge in [-0.25, -0.2) is 5.01 Å². The van der Waals surface area contributed by atoms with Gasteiger partial charge < -0.3 is 19.2 Å². The fraction of sp³-hybridized carbons (Fsp3) is 0.138. The number of ether oxygens (including phenoxy) is 2. The van der Waals surface area contributed by atoms with E-state index in [1.807, 2.05) is 54.6 Å². The molecule has 1 aliphatic heterocycles. The first-order valence-electron chi connectivity index (χ1n) is 11.8. The Bertz CT molecular complexity index is 1380. The van der Waals surface area contributed by atoms with Gasteiger partial charge in [-0.2, -0.15) is 5.10 Å². The zero-order valence-corrected chi connectivity index (χ0v) is 20.2. The monoisotopic (exact) mass is 495 g/mol. The largest absolute Gasteiger partial charge is 0.497 e. The first kappa shape index (κ1) is 23.9. The number of hydrogen-bond donors (Lipinski definition) is 1. The Hall–Kier alpha value is -4.85. The summed E-state index contributed by atoms with van der Waals surface area (Å²) in [6.07, 6.45) is 2.03. The number of nitrogens with one attached hydrogen (secondary N) is 1. The van der Waals surface area contributed by atoms with Crippen molar-refractivity contribution in [3.05, 3.63) is 114 Å². The molecule has 4 aromatic rings. The number of rotatable bonds is 8. The van der Waals surface area contributed by atoms with Crippen molar-refractivity contribution >= 4 is 23.2 Å². The number of nitrogens with zero attached hydrogens (tertiary/aromatic N) is 2. The number of hydrogen-bond acceptors (Lipinski definition) is 6. The van der Waals surface area contributed by atoms with E-state index in [1.165, 1.54) is 11.3 Å². The van der Waals surface area contributed by atoms with Crippen molar-refractivity contribution in [1.29, 1.82) is 0 Å². The number of carbonyl (C=O) groups is 2. The number of anilines is 1. The van der Waals surface area contributed by atoms with E-state index in [2.05, 4.69) is 10.4 Å². The van der Waals surface area contributed by atoms with Gasteiger partial charge in [0.05, 0.1) is 25.1 Å². The Morgan fingerprint density at radius 2 is 1.68 bits per heavy atom. The molecule has 0 spiro atoms. The van der Waals surface area contributed by atoms with E-state index in [-0.39, 0.29) is 30.2 Å². The first-order valence-corrected chi connectivity index (χ1v) is 11.8. The van der Waals surface area contributed by atoms with Crippen molar-refractivity contribution in [2.24, 2.45) is 5.10 Å². The fourth-order valence-electron chi connectivity index (χ4n) is 4.08. The second-order valence-electron chi connectivity index (χ2n) is 8.39. The molecule has 1 N–H and O–H groups in total. The normalized spacial score (nSPS) is 14.7. The number of carbonyl (C=O) groups excluding carboxylic acids is 2. The van der Waals surface area contributed by atoms with Crippen molar-refractivity contribution in [1.82, 2.24) is 5.01 Å². The van der Waals surface area contributed by atoms with Crippen LogP contribution in [0.1, 0.15) is 34.1 Å². The van der Waals surface area contributed by atoms with Gasteiger partial charge in [0.15, 0.2) is 12.4 Å². The summed E-state index contributed by atoms with van der Waals surface area (Å²) >= 11 is 0. The van der Waals surface area contributed by atoms with E-state index in [4.69, 9.17) is 13.9 Å². The van der Waals surface area contributed by atoms with Gasteiger partial charge in [0.25, 0.3) is 11.8 Å². The SMILES string of the molecule is COc1ccc([C@@H]2CC(c3ccccc3)=NN2C(=O)COc2ccc(NC(=O)c3ccco3)cc2)cc1. The van der Waals surface area contributed by atoms with Crippen molar-refractivity contribution < 1.29 is 23.5 Å². The Morgan fingerprint density at radius 1 is 0.946 bits per heavy atom. The van der Waals surface area contributed by atoms with Crippen LogP contribution in [-0.2, 0) is 4.79 Å². The highest BCUT2D eigenvalue weighted by Gasteiger charge is 2.33. The lowest BCUT2D eigenvalue weighted by molar-refractivity contribution is -0.135. The smallest absolute Gasteiger partial charge is 0.291 e. The van der Waals surface area contributed by atoms with Crippen LogP contribution in [0.4, 0.5) is 5.69 Å². The van der Waals surface area contributed by atoms with E-state index in [9.17, 15) is 9.59 Å². The van der Waals surface area contributed by atoms with Gasteiger partial charge in [-0.05, 0) is 59.7 Å². The number of methoxy groups -OCH3 is 1. The molecule has 0 saturated carbocycles. The third-order valence-corrected chi connectivity index (χ3v) is 5.99. The van der Waals surface area contributed by atoms with E-state index in [0.29, 0.717) is 17.9 Å². The maximum absolute atomic E-state index is 13.2. The van der Waals surface area contributed by atoms with Gasteiger partial charge in [0, 0.05) is 12.1 Å². The van der Waals surface area contributed by atoms with Crippen LogP contribution in [0.5, 0.6) is 11.5 Å². The third-order valence-electron chi connectivity index (χ3n) is 5.99. The minimum absolute atomic E-state index is 0.184. The van der Waals surface area contributed by atoms with E-state index >= 15 is 0 Å². The van der Waals surface area contributed by atoms with Gasteiger partial charge in [-0.1, -0.05) is 42.5 Å². The number of benzene rings is 3. The Balaban J connectivity index is 1.27. The standard InChI is InChI=1S/C29H25N3O5/c1-35-23-13-9-21(10-14-23)26-18-25(20-6-3-2-4-7-20)31-32(26)28(33)19-37-24-15-11-22(12-16-24)30-29(34)27-8-5-17-36-27/h2-17,26H,18-19H2,1H3,(H,30,34)/t26-/m0/s1. The van der Waals surface area contributed by atoms with Crippen LogP contribution in [0.2, 0.25) is 0 Å². The summed E-state index contributed by atoms with van der Waals surface area (Å²) in [6, 6.07) is 27.2. The van der Waals surface area contributed by atoms with E-state index < -0.39 is 0 Å². The van der Waals surface area contributed by atoms with Crippen LogP contribution >= 0.6 is 0 Å². The Kier molecular flexibility index (Phi) is 6.98. The van der Waals surface area contributed by atoms with E-state index in [1.54, 1.807) is 43.5 Å². The highest BCUT2D eigenvalue weighted by atomic mass is 16.5. The summed E-state index contributed by atoms with van der Waals surface area (Å²) in [5.74, 6) is 0.854. The highest BCUT2D eigenvalue weighted by Crippen LogP contribution is 2.33. The second-order valence-corrected chi connectivity index (χ2v) is 8.39. The zero-order valence-electron chi connectivity index (χ0n) is 20.2. The van der Waals surface area contributed by atoms with Gasteiger partial charge in [0.1, 0.15) is 11.5 Å². The van der Waals surface area contributed by atoms with E-state index in [0.717, 1.165) is 22.6 Å². The summed E-state index contributed by atoms with van der Waals surface area (Å²) < 4.78 is 16.1. The zero-order chi connectivity index (χ0) is 25.6. The molecule has 8 nitrogen and oxygen atoms in total. The van der Waals surface area contributed by atoms with Gasteiger partial charge in [-0.15, -0.1) is 0 Å². The predicted octanol–water partition coefficient (Wildman–Crippen LogP) is 5.30. The van der Waals surface area contributed by atoms with Crippen molar-refractivity contribution in [3.63, 3.8) is 0 Å². The van der Waals surface area contributed by atoms with Crippen molar-refractivity contribution in [3.8, 4) is 11.5 Å². The van der Waals surface area contributed by atoms with Gasteiger partial charge in [-0.3, -0.25) is 9.59 Å². The molecule has 3 aromatic carbocycles. The van der Waals surface area contributed by atoms with Crippen LogP contribution in [0.3, 0.4) is 0 Å². The highest BCUT2D eigenvalue weighted by molar-refractivity contribution is 6.03. The molecule has 1 aliphatic rings. The molecular formula is C29H25N3O5. The van der Waals surface area contributed by atoms with Crippen LogP contribution < -0.4 is 14.8 Å². The Labute approximate surface area is 214 Å². The molecule has 0 radical (unpaired) electrons. The van der Waals surface area contributed by atoms with Crippen molar-refractivity contribution in [2.45, 2.75) is 12.5 Å². The molecule has 0 unspecified atom stereocenters. The van der Waals surface area contributed by atoms with Gasteiger partial charge in [0.2, 0.25) is 0 Å². The number of furan rings is 1. The topological polar surface area (TPSA) is 93.4 Å². The molecule has 37 heavy (non-hydrogen) atoms. The molecule has 8 heteroatoms. The maximum atomic E-state index is 13.2. The molecule has 0 aliphatic carbocycles. The molecule has 2 amide bonds. The third kappa shape index (κ3) is 5.54. The number of amides is 2. The molecule has 2 heterocycles. The first-order chi connectivity index (χ1) is 18.1. The molecule has 0 fully saturated rings. The molecule has 0 bridgehead atoms.